The smallest absolute Gasteiger partial charge is 0.295 e. The number of benzene rings is 1. The lowest BCUT2D eigenvalue weighted by Gasteiger charge is -2.35. The van der Waals surface area contributed by atoms with Crippen molar-refractivity contribution in [2.75, 3.05) is 24.3 Å². The molecule has 0 aliphatic carbocycles. The van der Waals surface area contributed by atoms with Crippen molar-refractivity contribution in [1.82, 2.24) is 5.01 Å². The minimum Gasteiger partial charge on any atom is -0.356 e. The Morgan fingerprint density at radius 3 is 2.68 bits per heavy atom. The third-order valence-electron chi connectivity index (χ3n) is 2.86. The van der Waals surface area contributed by atoms with Crippen molar-refractivity contribution < 1.29 is 23.6 Å². The molecule has 0 bridgehead atoms. The Labute approximate surface area is 130 Å². The molecule has 1 aromatic carbocycles. The third-order valence-corrected chi connectivity index (χ3v) is 4.75. The van der Waals surface area contributed by atoms with E-state index in [0.717, 1.165) is 23.9 Å². The van der Waals surface area contributed by atoms with Gasteiger partial charge in [0, 0.05) is 18.4 Å². The zero-order chi connectivity index (χ0) is 16.5. The summed E-state index contributed by atoms with van der Waals surface area (Å²) in [7, 11) is -4.06. The van der Waals surface area contributed by atoms with Gasteiger partial charge in [-0.3, -0.25) is 10.1 Å². The molecule has 0 amide bonds. The number of rotatable bonds is 4. The molecule has 1 aliphatic rings. The minimum atomic E-state index is -4.06. The van der Waals surface area contributed by atoms with Crippen LogP contribution in [0.2, 0.25) is 0 Å². The van der Waals surface area contributed by atoms with E-state index in [4.69, 9.17) is 5.14 Å². The van der Waals surface area contributed by atoms with Crippen molar-refractivity contribution in [3.8, 4) is 0 Å². The van der Waals surface area contributed by atoms with E-state index in [0.29, 0.717) is 12.3 Å². The fraction of sp³-hybridized carbons (Fsp3) is 0.400. The minimum absolute atomic E-state index is 0.0279. The van der Waals surface area contributed by atoms with Gasteiger partial charge in [-0.2, -0.15) is 0 Å². The molecule has 1 fully saturated rings. The number of thioether (sulfide) groups is 1. The molecule has 0 spiro atoms. The van der Waals surface area contributed by atoms with Gasteiger partial charge < -0.3 is 15.6 Å². The number of nitro benzene ring substituents is 1. The van der Waals surface area contributed by atoms with Gasteiger partial charge in [0.2, 0.25) is 15.1 Å². The van der Waals surface area contributed by atoms with Gasteiger partial charge in [0.25, 0.3) is 5.69 Å². The van der Waals surface area contributed by atoms with Gasteiger partial charge in [0.05, 0.1) is 16.4 Å². The average Bonchev–Trinajstić information content (AvgIpc) is 2.36. The van der Waals surface area contributed by atoms with Crippen molar-refractivity contribution >= 4 is 33.2 Å². The van der Waals surface area contributed by atoms with Gasteiger partial charge in [-0.15, -0.1) is 0 Å². The van der Waals surface area contributed by atoms with E-state index in [1.807, 2.05) is 0 Å². The second-order valence-corrected chi connectivity index (χ2v) is 7.52. The topological polar surface area (TPSA) is 159 Å². The zero-order valence-corrected chi connectivity index (χ0v) is 12.8. The Kier molecular flexibility index (Phi) is 4.60. The molecule has 1 aromatic rings. The Morgan fingerprint density at radius 1 is 1.45 bits per heavy atom. The highest BCUT2D eigenvalue weighted by Gasteiger charge is 2.32. The van der Waals surface area contributed by atoms with Crippen LogP contribution in [0.3, 0.4) is 0 Å². The van der Waals surface area contributed by atoms with E-state index < -0.39 is 25.8 Å². The Hall–Kier alpha value is -1.44. The van der Waals surface area contributed by atoms with Gasteiger partial charge in [0.15, 0.2) is 0 Å². The lowest BCUT2D eigenvalue weighted by Crippen LogP contribution is -2.48. The first kappa shape index (κ1) is 16.9. The number of β-amino-alcohol motifs (C(OH)–C–C–N with tert-alkyl or cyclic N) is 2. The predicted molar refractivity (Wildman–Crippen MR) is 79.3 cm³/mol. The monoisotopic (exact) mass is 350 g/mol. The molecule has 0 radical (unpaired) electrons. The molecule has 0 saturated carbocycles. The summed E-state index contributed by atoms with van der Waals surface area (Å²) in [5.41, 5.74) is 2.24. The quantitative estimate of drug-likeness (QED) is 0.311. The standard InChI is InChI=1S/C10H14N4O6S2/c11-22(19,20)7-1-2-8(9(5-7)14(17)18)12-13-3-4-21-10(15,16)6-13/h1-2,5,12,15-16H,3-4,6H2,(H2,11,19,20). The molecule has 5 N–H and O–H groups in total. The molecule has 22 heavy (non-hydrogen) atoms. The number of nitrogens with zero attached hydrogens (tertiary/aromatic N) is 2. The molecular weight excluding hydrogens is 336 g/mol. The summed E-state index contributed by atoms with van der Waals surface area (Å²) >= 11 is 0.951. The summed E-state index contributed by atoms with van der Waals surface area (Å²) in [5, 5.41) is 34.6. The van der Waals surface area contributed by atoms with Gasteiger partial charge in [0.1, 0.15) is 5.69 Å². The molecule has 122 valence electrons. The summed E-state index contributed by atoms with van der Waals surface area (Å²) < 4.78 is 22.5. The van der Waals surface area contributed by atoms with Crippen molar-refractivity contribution in [3.05, 3.63) is 28.3 Å². The Morgan fingerprint density at radius 2 is 2.14 bits per heavy atom. The van der Waals surface area contributed by atoms with Crippen LogP contribution in [-0.4, -0.2) is 52.5 Å². The van der Waals surface area contributed by atoms with Gasteiger partial charge >= 0.3 is 0 Å². The number of nitrogens with two attached hydrogens (primary N) is 1. The summed E-state index contributed by atoms with van der Waals surface area (Å²) in [6.45, 7) is 0.243. The number of anilines is 1. The molecule has 10 nitrogen and oxygen atoms in total. The number of nitro groups is 1. The maximum atomic E-state index is 11.2. The molecule has 2 rings (SSSR count). The maximum Gasteiger partial charge on any atom is 0.295 e. The number of sulfonamides is 1. The van der Waals surface area contributed by atoms with Gasteiger partial charge in [-0.1, -0.05) is 11.8 Å². The van der Waals surface area contributed by atoms with Crippen molar-refractivity contribution in [1.29, 1.82) is 0 Å². The highest BCUT2D eigenvalue weighted by molar-refractivity contribution is 8.00. The zero-order valence-electron chi connectivity index (χ0n) is 11.2. The number of aliphatic hydroxyl groups is 2. The lowest BCUT2D eigenvalue weighted by atomic mass is 10.3. The molecule has 12 heteroatoms. The average molecular weight is 350 g/mol. The molecule has 1 saturated heterocycles. The highest BCUT2D eigenvalue weighted by Crippen LogP contribution is 2.30. The van der Waals surface area contributed by atoms with Crippen LogP contribution in [0.15, 0.2) is 23.1 Å². The van der Waals surface area contributed by atoms with Crippen LogP contribution >= 0.6 is 11.8 Å². The van der Waals surface area contributed by atoms with Crippen molar-refractivity contribution in [2.24, 2.45) is 5.14 Å². The first-order chi connectivity index (χ1) is 10.1. The van der Waals surface area contributed by atoms with E-state index in [1.165, 1.54) is 11.1 Å². The van der Waals surface area contributed by atoms with Gasteiger partial charge in [-0.25, -0.2) is 18.6 Å². The number of hydrogen-bond donors (Lipinski definition) is 4. The summed E-state index contributed by atoms with van der Waals surface area (Å²) in [6.07, 6.45) is 0. The summed E-state index contributed by atoms with van der Waals surface area (Å²) in [6, 6.07) is 3.19. The summed E-state index contributed by atoms with van der Waals surface area (Å²) in [4.78, 5) is 9.95. The van der Waals surface area contributed by atoms with Crippen LogP contribution in [0, 0.1) is 10.1 Å². The predicted octanol–water partition coefficient (Wildman–Crippen LogP) is -0.744. The van der Waals surface area contributed by atoms with Crippen LogP contribution < -0.4 is 10.6 Å². The largest absolute Gasteiger partial charge is 0.356 e. The lowest BCUT2D eigenvalue weighted by molar-refractivity contribution is -0.384. The second kappa shape index (κ2) is 5.98. The molecule has 0 atom stereocenters. The van der Waals surface area contributed by atoms with E-state index in [2.05, 4.69) is 5.43 Å². The highest BCUT2D eigenvalue weighted by atomic mass is 32.2. The van der Waals surface area contributed by atoms with Crippen molar-refractivity contribution in [3.63, 3.8) is 0 Å². The van der Waals surface area contributed by atoms with Crippen LogP contribution in [-0.2, 0) is 10.0 Å². The fourth-order valence-corrected chi connectivity index (χ4v) is 3.31. The van der Waals surface area contributed by atoms with Crippen LogP contribution in [0.25, 0.3) is 0 Å². The third kappa shape index (κ3) is 4.06. The van der Waals surface area contributed by atoms with E-state index >= 15 is 0 Å². The first-order valence-corrected chi connectivity index (χ1v) is 8.53. The second-order valence-electron chi connectivity index (χ2n) is 4.61. The van der Waals surface area contributed by atoms with Gasteiger partial charge in [-0.05, 0) is 12.1 Å². The first-order valence-electron chi connectivity index (χ1n) is 6.00. The fourth-order valence-electron chi connectivity index (χ4n) is 1.89. The molecule has 1 aliphatic heterocycles. The van der Waals surface area contributed by atoms with Crippen molar-refractivity contribution in [2.45, 2.75) is 10.0 Å². The Balaban J connectivity index is 2.29. The summed E-state index contributed by atoms with van der Waals surface area (Å²) in [5.74, 6) is 0.406. The SMILES string of the molecule is NS(=O)(=O)c1ccc(NN2CCSC(O)(O)C2)c([N+](=O)[O-])c1. The number of hydrazine groups is 1. The normalized spacial score (nSPS) is 18.9. The number of nitrogens with one attached hydrogen (secondary N) is 1. The maximum absolute atomic E-state index is 11.2. The molecule has 0 unspecified atom stereocenters. The Bertz CT molecular complexity index is 693. The van der Waals surface area contributed by atoms with Crippen LogP contribution in [0.5, 0.6) is 0 Å². The van der Waals surface area contributed by atoms with E-state index in [-0.39, 0.29) is 17.1 Å². The number of hydrogen-bond acceptors (Lipinski definition) is 9. The molecule has 0 aromatic heterocycles. The number of primary sulfonamides is 1. The van der Waals surface area contributed by atoms with E-state index in [1.54, 1.807) is 0 Å². The van der Waals surface area contributed by atoms with Crippen LogP contribution in [0.1, 0.15) is 0 Å². The molecular formula is C10H14N4O6S2. The molecule has 1 heterocycles. The van der Waals surface area contributed by atoms with Crippen LogP contribution in [0.4, 0.5) is 11.4 Å². The van der Waals surface area contributed by atoms with E-state index in [9.17, 15) is 28.7 Å².